The van der Waals surface area contributed by atoms with Crippen molar-refractivity contribution in [2.75, 3.05) is 24.7 Å². The first-order valence-electron chi connectivity index (χ1n) is 5.28. The number of anilines is 2. The van der Waals surface area contributed by atoms with Gasteiger partial charge in [-0.05, 0) is 6.07 Å². The van der Waals surface area contributed by atoms with Crippen LogP contribution in [0, 0.1) is 0 Å². The average molecular weight is 316 g/mol. The fourth-order valence-corrected chi connectivity index (χ4v) is 3.32. The quantitative estimate of drug-likeness (QED) is 0.843. The largest absolute Gasteiger partial charge is 0.481 e. The van der Waals surface area contributed by atoms with Crippen LogP contribution in [0.15, 0.2) is 21.7 Å². The lowest BCUT2D eigenvalue weighted by Gasteiger charge is -2.07. The van der Waals surface area contributed by atoms with E-state index >= 15 is 0 Å². The van der Waals surface area contributed by atoms with Gasteiger partial charge in [-0.25, -0.2) is 13.1 Å². The Morgan fingerprint density at radius 2 is 1.80 bits per heavy atom. The van der Waals surface area contributed by atoms with E-state index in [-0.39, 0.29) is 21.9 Å². The van der Waals surface area contributed by atoms with Crippen molar-refractivity contribution < 1.29 is 17.9 Å². The molecule has 2 aromatic heterocycles. The van der Waals surface area contributed by atoms with E-state index in [1.165, 1.54) is 31.7 Å². The number of thiophene rings is 1. The van der Waals surface area contributed by atoms with Crippen LogP contribution >= 0.6 is 11.3 Å². The first-order valence-corrected chi connectivity index (χ1v) is 7.65. The maximum atomic E-state index is 12.1. The second-order valence-corrected chi connectivity index (χ2v) is 6.40. The second kappa shape index (κ2) is 5.51. The van der Waals surface area contributed by atoms with Gasteiger partial charge < -0.3 is 15.2 Å². The van der Waals surface area contributed by atoms with Gasteiger partial charge in [0.05, 0.1) is 20.3 Å². The van der Waals surface area contributed by atoms with Gasteiger partial charge >= 0.3 is 0 Å². The summed E-state index contributed by atoms with van der Waals surface area (Å²) in [7, 11) is -0.984. The van der Waals surface area contributed by atoms with E-state index in [2.05, 4.69) is 14.7 Å². The number of hydrogen-bond donors (Lipinski definition) is 2. The summed E-state index contributed by atoms with van der Waals surface area (Å²) >= 11 is 1.00. The number of hydrogen-bond acceptors (Lipinski definition) is 8. The van der Waals surface area contributed by atoms with Crippen molar-refractivity contribution in [1.29, 1.82) is 0 Å². The summed E-state index contributed by atoms with van der Waals surface area (Å²) in [4.78, 5) is 7.77. The van der Waals surface area contributed by atoms with Crippen molar-refractivity contribution in [1.82, 2.24) is 9.97 Å². The summed E-state index contributed by atoms with van der Waals surface area (Å²) in [6, 6.07) is 2.78. The molecule has 3 N–H and O–H groups in total. The van der Waals surface area contributed by atoms with Crippen molar-refractivity contribution in [2.24, 2.45) is 0 Å². The van der Waals surface area contributed by atoms with E-state index < -0.39 is 10.0 Å². The molecule has 0 saturated carbocycles. The molecule has 2 heterocycles. The molecule has 2 aromatic rings. The normalized spacial score (nSPS) is 11.1. The molecule has 0 bridgehead atoms. The minimum absolute atomic E-state index is 0.0698. The van der Waals surface area contributed by atoms with Crippen LogP contribution in [0.1, 0.15) is 0 Å². The molecule has 20 heavy (non-hydrogen) atoms. The van der Waals surface area contributed by atoms with E-state index in [1.54, 1.807) is 0 Å². The Hall–Kier alpha value is -2.07. The highest BCUT2D eigenvalue weighted by atomic mass is 32.2. The van der Waals surface area contributed by atoms with Crippen molar-refractivity contribution in [3.63, 3.8) is 0 Å². The molecular weight excluding hydrogens is 304 g/mol. The number of nitrogens with one attached hydrogen (secondary N) is 1. The van der Waals surface area contributed by atoms with Gasteiger partial charge in [0, 0.05) is 11.1 Å². The van der Waals surface area contributed by atoms with Crippen molar-refractivity contribution in [2.45, 2.75) is 4.21 Å². The van der Waals surface area contributed by atoms with Crippen molar-refractivity contribution >= 4 is 33.0 Å². The molecule has 0 spiro atoms. The van der Waals surface area contributed by atoms with Gasteiger partial charge in [-0.3, -0.25) is 0 Å². The van der Waals surface area contributed by atoms with Crippen molar-refractivity contribution in [3.05, 3.63) is 17.5 Å². The van der Waals surface area contributed by atoms with Crippen LogP contribution < -0.4 is 19.9 Å². The van der Waals surface area contributed by atoms with Crippen LogP contribution in [0.2, 0.25) is 0 Å². The van der Waals surface area contributed by atoms with Gasteiger partial charge in [-0.2, -0.15) is 9.97 Å². The fraction of sp³-hybridized carbons (Fsp3) is 0.200. The molecule has 0 atom stereocenters. The number of aromatic nitrogens is 2. The minimum Gasteiger partial charge on any atom is -0.481 e. The molecule has 0 aromatic carbocycles. The molecule has 10 heteroatoms. The Morgan fingerprint density at radius 1 is 1.20 bits per heavy atom. The van der Waals surface area contributed by atoms with E-state index in [1.807, 2.05) is 0 Å². The van der Waals surface area contributed by atoms with Crippen LogP contribution in [0.5, 0.6) is 11.8 Å². The summed E-state index contributed by atoms with van der Waals surface area (Å²) in [5, 5.41) is 1.53. The monoisotopic (exact) mass is 316 g/mol. The van der Waals surface area contributed by atoms with Gasteiger partial charge in [0.25, 0.3) is 10.0 Å². The highest BCUT2D eigenvalue weighted by Gasteiger charge is 2.19. The second-order valence-electron chi connectivity index (χ2n) is 3.58. The third kappa shape index (κ3) is 3.08. The number of ether oxygens (including phenoxy) is 2. The van der Waals surface area contributed by atoms with Crippen molar-refractivity contribution in [3.8, 4) is 11.8 Å². The molecule has 108 valence electrons. The van der Waals surface area contributed by atoms with E-state index in [9.17, 15) is 8.42 Å². The smallest absolute Gasteiger partial charge is 0.273 e. The summed E-state index contributed by atoms with van der Waals surface area (Å²) in [5.74, 6) is 0.216. The molecular formula is C10H12N4O4S2. The number of rotatable bonds is 5. The Bertz CT molecular complexity index is 692. The van der Waals surface area contributed by atoms with E-state index in [0.717, 1.165) is 11.3 Å². The molecule has 0 saturated heterocycles. The Kier molecular flexibility index (Phi) is 3.95. The Morgan fingerprint density at radius 3 is 2.25 bits per heavy atom. The highest BCUT2D eigenvalue weighted by molar-refractivity contribution is 7.94. The average Bonchev–Trinajstić information content (AvgIpc) is 2.85. The Labute approximate surface area is 119 Å². The third-order valence-electron chi connectivity index (χ3n) is 2.18. The first-order chi connectivity index (χ1) is 9.44. The molecule has 0 unspecified atom stereocenters. The molecule has 0 amide bonds. The number of methoxy groups -OCH3 is 2. The molecule has 2 rings (SSSR count). The van der Waals surface area contributed by atoms with Gasteiger partial charge in [-0.15, -0.1) is 11.3 Å². The first kappa shape index (κ1) is 14.3. The predicted octanol–water partition coefficient (Wildman–Crippen LogP) is 0.938. The Balaban J connectivity index is 2.33. The van der Waals surface area contributed by atoms with E-state index in [0.29, 0.717) is 5.69 Å². The minimum atomic E-state index is -3.79. The highest BCUT2D eigenvalue weighted by Crippen LogP contribution is 2.24. The van der Waals surface area contributed by atoms with Gasteiger partial charge in [0.2, 0.25) is 17.7 Å². The standard InChI is InChI=1S/C10H12N4O4S2/c1-17-7-4-8(18-2)13-10(12-7)14-20(15,16)9-3-6(11)5-19-9/h3-5H,11H2,1-2H3,(H,12,13,14). The molecule has 0 aliphatic rings. The lowest BCUT2D eigenvalue weighted by Crippen LogP contribution is -2.14. The lowest BCUT2D eigenvalue weighted by molar-refractivity contribution is 0.373. The van der Waals surface area contributed by atoms with Crippen LogP contribution in [0.25, 0.3) is 0 Å². The fourth-order valence-electron chi connectivity index (χ4n) is 1.30. The number of nitrogens with zero attached hydrogens (tertiary/aromatic N) is 2. The summed E-state index contributed by atoms with van der Waals surface area (Å²) in [6.45, 7) is 0. The van der Waals surface area contributed by atoms with Crippen LogP contribution in [-0.2, 0) is 10.0 Å². The summed E-state index contributed by atoms with van der Waals surface area (Å²) in [5.41, 5.74) is 5.88. The number of nitrogens with two attached hydrogens (primary N) is 1. The third-order valence-corrected chi connectivity index (χ3v) is 4.97. The zero-order chi connectivity index (χ0) is 14.8. The predicted molar refractivity (Wildman–Crippen MR) is 74.7 cm³/mol. The molecule has 0 radical (unpaired) electrons. The number of sulfonamides is 1. The maximum absolute atomic E-state index is 12.1. The summed E-state index contributed by atoms with van der Waals surface area (Å²) < 4.78 is 36.4. The van der Waals surface area contributed by atoms with E-state index in [4.69, 9.17) is 15.2 Å². The van der Waals surface area contributed by atoms with Crippen LogP contribution in [-0.4, -0.2) is 32.6 Å². The SMILES string of the molecule is COc1cc(OC)nc(NS(=O)(=O)c2cc(N)cs2)n1. The van der Waals surface area contributed by atoms with Crippen LogP contribution in [0.3, 0.4) is 0 Å². The zero-order valence-corrected chi connectivity index (χ0v) is 12.3. The number of nitrogen functional groups attached to an aromatic ring is 1. The topological polar surface area (TPSA) is 116 Å². The summed E-state index contributed by atoms with van der Waals surface area (Å²) in [6.07, 6.45) is 0. The zero-order valence-electron chi connectivity index (χ0n) is 10.7. The molecule has 0 fully saturated rings. The lowest BCUT2D eigenvalue weighted by atomic mass is 10.6. The van der Waals surface area contributed by atoms with Gasteiger partial charge in [0.15, 0.2) is 0 Å². The molecule has 0 aliphatic carbocycles. The van der Waals surface area contributed by atoms with Gasteiger partial charge in [-0.1, -0.05) is 0 Å². The molecule has 8 nitrogen and oxygen atoms in total. The molecule has 0 aliphatic heterocycles. The van der Waals surface area contributed by atoms with Gasteiger partial charge in [0.1, 0.15) is 4.21 Å². The maximum Gasteiger partial charge on any atom is 0.273 e. The van der Waals surface area contributed by atoms with Crippen LogP contribution in [0.4, 0.5) is 11.6 Å².